The Hall–Kier alpha value is -4.37. The molecule has 0 saturated carbocycles. The van der Waals surface area contributed by atoms with Crippen molar-refractivity contribution in [2.75, 3.05) is 47.5 Å². The molecule has 0 fully saturated rings. The van der Waals surface area contributed by atoms with Gasteiger partial charge in [0.15, 0.2) is 6.10 Å². The van der Waals surface area contributed by atoms with Gasteiger partial charge in [0.2, 0.25) is 0 Å². The normalized spacial score (nSPS) is 13.9. The number of carbonyl (C=O) groups excluding carboxylic acids is 2. The average Bonchev–Trinajstić information content (AvgIpc) is 1.98. The van der Waals surface area contributed by atoms with E-state index in [9.17, 15) is 19.0 Å². The predicted octanol–water partition coefficient (Wildman–Crippen LogP) is 26.3. The van der Waals surface area contributed by atoms with E-state index in [2.05, 4.69) is 172 Å². The van der Waals surface area contributed by atoms with Crippen LogP contribution in [0, 0.1) is 0 Å². The van der Waals surface area contributed by atoms with Crippen LogP contribution in [0.3, 0.4) is 0 Å². The van der Waals surface area contributed by atoms with Gasteiger partial charge in [-0.25, -0.2) is 4.57 Å². The molecule has 0 spiro atoms. The summed E-state index contributed by atoms with van der Waals surface area (Å²) in [7, 11) is 1.45. The minimum absolute atomic E-state index is 0.0211. The number of unbranched alkanes of at least 4 members (excludes halogenated alkanes) is 31. The quantitative estimate of drug-likeness (QED) is 0.0211. The Balaban J connectivity index is 4.09. The number of phosphoric acid groups is 1. The molecule has 0 aliphatic heterocycles. The van der Waals surface area contributed by atoms with Gasteiger partial charge in [-0.2, -0.15) is 0 Å². The van der Waals surface area contributed by atoms with E-state index in [0.29, 0.717) is 17.4 Å². The van der Waals surface area contributed by atoms with Gasteiger partial charge in [0, 0.05) is 12.8 Å². The number of allylic oxidation sites excluding steroid dienone is 26. The lowest BCUT2D eigenvalue weighted by Crippen LogP contribution is -2.37. The fraction of sp³-hybridized carbons (Fsp3) is 0.674. The summed E-state index contributed by atoms with van der Waals surface area (Å²) in [6.45, 7) is 4.30. The highest BCUT2D eigenvalue weighted by atomic mass is 31.2. The van der Waals surface area contributed by atoms with E-state index in [1.54, 1.807) is 0 Å². The van der Waals surface area contributed by atoms with Gasteiger partial charge in [0.25, 0.3) is 0 Å². The maximum atomic E-state index is 12.9. The Morgan fingerprint density at radius 3 is 0.885 bits per heavy atom. The predicted molar refractivity (Wildman–Crippen MR) is 417 cm³/mol. The lowest BCUT2D eigenvalue weighted by atomic mass is 10.0. The van der Waals surface area contributed by atoms with Crippen LogP contribution in [0.4, 0.5) is 0 Å². The minimum atomic E-state index is -4.41. The number of carbonyl (C=O) groups is 2. The molecule has 9 nitrogen and oxygen atoms in total. The minimum Gasteiger partial charge on any atom is -0.462 e. The Labute approximate surface area is 592 Å². The molecule has 0 saturated heterocycles. The molecule has 0 aromatic heterocycles. The maximum absolute atomic E-state index is 12.9. The molecular formula is C86H147NO8P+. The molecule has 96 heavy (non-hydrogen) atoms. The van der Waals surface area contributed by atoms with Crippen molar-refractivity contribution in [1.82, 2.24) is 0 Å². The van der Waals surface area contributed by atoms with Gasteiger partial charge in [-0.1, -0.05) is 339 Å². The van der Waals surface area contributed by atoms with Crippen LogP contribution in [-0.4, -0.2) is 74.9 Å². The van der Waals surface area contributed by atoms with Gasteiger partial charge in [-0.05, 0) is 128 Å². The number of rotatable bonds is 71. The van der Waals surface area contributed by atoms with Crippen LogP contribution >= 0.6 is 7.82 Å². The first-order valence-corrected chi connectivity index (χ1v) is 40.7. The van der Waals surface area contributed by atoms with Crippen LogP contribution in [0.25, 0.3) is 0 Å². The Morgan fingerprint density at radius 2 is 0.594 bits per heavy atom. The van der Waals surface area contributed by atoms with Crippen LogP contribution in [0.1, 0.15) is 322 Å². The van der Waals surface area contributed by atoms with E-state index >= 15 is 0 Å². The molecule has 0 aromatic carbocycles. The van der Waals surface area contributed by atoms with Crippen molar-refractivity contribution >= 4 is 19.8 Å². The van der Waals surface area contributed by atoms with E-state index in [0.717, 1.165) is 128 Å². The van der Waals surface area contributed by atoms with Gasteiger partial charge in [-0.15, -0.1) is 0 Å². The molecule has 0 bridgehead atoms. The number of quaternary nitrogens is 1. The number of hydrogen-bond donors (Lipinski definition) is 1. The number of hydrogen-bond acceptors (Lipinski definition) is 7. The number of likely N-dealkylation sites (N-methyl/N-ethyl adjacent to an activating group) is 1. The van der Waals surface area contributed by atoms with Gasteiger partial charge < -0.3 is 18.9 Å². The third kappa shape index (κ3) is 78.6. The Bertz CT molecular complexity index is 2180. The molecule has 2 atom stereocenters. The Morgan fingerprint density at radius 1 is 0.333 bits per heavy atom. The fourth-order valence-electron chi connectivity index (χ4n) is 10.6. The van der Waals surface area contributed by atoms with E-state index in [1.165, 1.54) is 161 Å². The summed E-state index contributed by atoms with van der Waals surface area (Å²) in [5.74, 6) is -0.819. The maximum Gasteiger partial charge on any atom is 0.472 e. The van der Waals surface area contributed by atoms with Crippen molar-refractivity contribution in [2.45, 2.75) is 328 Å². The van der Waals surface area contributed by atoms with Gasteiger partial charge >= 0.3 is 19.8 Å². The fourth-order valence-corrected chi connectivity index (χ4v) is 11.3. The van der Waals surface area contributed by atoms with Crippen molar-refractivity contribution in [2.24, 2.45) is 0 Å². The largest absolute Gasteiger partial charge is 0.472 e. The molecule has 2 unspecified atom stereocenters. The monoisotopic (exact) mass is 1350 g/mol. The summed E-state index contributed by atoms with van der Waals surface area (Å²) in [6, 6.07) is 0. The molecule has 0 rings (SSSR count). The molecule has 0 aliphatic rings. The number of esters is 2. The first kappa shape index (κ1) is 91.6. The molecule has 0 heterocycles. The summed E-state index contributed by atoms with van der Waals surface area (Å²) < 4.78 is 34.8. The summed E-state index contributed by atoms with van der Waals surface area (Å²) >= 11 is 0. The van der Waals surface area contributed by atoms with Crippen LogP contribution in [-0.2, 0) is 32.7 Å². The van der Waals surface area contributed by atoms with Crippen LogP contribution in [0.5, 0.6) is 0 Å². The number of phosphoric ester groups is 1. The number of nitrogens with zero attached hydrogens (tertiary/aromatic N) is 1. The highest BCUT2D eigenvalue weighted by Crippen LogP contribution is 2.43. The lowest BCUT2D eigenvalue weighted by molar-refractivity contribution is -0.870. The first-order valence-electron chi connectivity index (χ1n) is 39.2. The van der Waals surface area contributed by atoms with Crippen molar-refractivity contribution in [3.63, 3.8) is 0 Å². The molecule has 0 radical (unpaired) electrons. The second-order valence-electron chi connectivity index (χ2n) is 27.0. The number of ether oxygens (including phenoxy) is 2. The molecular weight excluding hydrogens is 1210 g/mol. The average molecular weight is 1350 g/mol. The second-order valence-corrected chi connectivity index (χ2v) is 28.5. The highest BCUT2D eigenvalue weighted by molar-refractivity contribution is 7.47. The van der Waals surface area contributed by atoms with Crippen LogP contribution < -0.4 is 0 Å². The summed E-state index contributed by atoms with van der Waals surface area (Å²) in [5, 5.41) is 0. The molecule has 1 N–H and O–H groups in total. The van der Waals surface area contributed by atoms with Crippen LogP contribution in [0.2, 0.25) is 0 Å². The van der Waals surface area contributed by atoms with E-state index in [1.807, 2.05) is 21.1 Å². The van der Waals surface area contributed by atoms with E-state index < -0.39 is 26.5 Å². The summed E-state index contributed by atoms with van der Waals surface area (Å²) in [4.78, 5) is 36.0. The van der Waals surface area contributed by atoms with Gasteiger partial charge in [0.1, 0.15) is 19.8 Å². The van der Waals surface area contributed by atoms with Crippen molar-refractivity contribution < 1.29 is 42.1 Å². The van der Waals surface area contributed by atoms with Gasteiger partial charge in [0.05, 0.1) is 27.7 Å². The zero-order valence-corrected chi connectivity index (χ0v) is 63.5. The second kappa shape index (κ2) is 74.8. The third-order valence-corrected chi connectivity index (χ3v) is 17.5. The lowest BCUT2D eigenvalue weighted by Gasteiger charge is -2.24. The molecule has 10 heteroatoms. The summed E-state index contributed by atoms with van der Waals surface area (Å²) in [6.07, 6.45) is 112. The zero-order chi connectivity index (χ0) is 69.7. The van der Waals surface area contributed by atoms with Crippen molar-refractivity contribution in [3.05, 3.63) is 158 Å². The zero-order valence-electron chi connectivity index (χ0n) is 62.6. The first-order chi connectivity index (χ1) is 47.0. The smallest absolute Gasteiger partial charge is 0.462 e. The van der Waals surface area contributed by atoms with Crippen molar-refractivity contribution in [1.29, 1.82) is 0 Å². The van der Waals surface area contributed by atoms with Gasteiger partial charge in [-0.3, -0.25) is 18.6 Å². The Kier molecular flexibility index (Phi) is 71.4. The van der Waals surface area contributed by atoms with Crippen molar-refractivity contribution in [3.8, 4) is 0 Å². The van der Waals surface area contributed by atoms with E-state index in [4.69, 9.17) is 18.5 Å². The van der Waals surface area contributed by atoms with E-state index in [-0.39, 0.29) is 32.0 Å². The van der Waals surface area contributed by atoms with Crippen LogP contribution in [0.15, 0.2) is 158 Å². The molecule has 0 aliphatic carbocycles. The highest BCUT2D eigenvalue weighted by Gasteiger charge is 2.27. The molecule has 0 aromatic rings. The standard InChI is InChI=1S/C86H146NO8P/c1-6-8-10-12-14-16-18-20-22-24-26-28-30-32-34-36-38-40-41-42-43-44-45-47-49-51-53-55-57-59-61-63-65-67-69-71-73-75-77-79-86(89)95-84(83-94-96(90,91)93-81-80-87(3,4)5)82-92-85(88)78-76-74-72-70-68-66-64-62-60-58-56-54-52-50-48-46-39-37-35-33-31-29-27-25-23-21-19-17-15-13-11-9-7-2/h8,10,14,16,19-22,25-28,32,34,38,40,42-43,45,47,51,53,57,59,63,65,84H,6-7,9,11-13,15,17-18,23-24,29-31,33,35-37,39,41,44,46,48-50,52,54-56,58,60-62,64,66-83H2,1-5H3/p+1/b10-8-,16-14-,21-19-,22-20-,27-25-,28-26-,34-32-,40-38-,43-42-,47-45-,53-51-,59-57-,65-63-. The molecule has 0 amide bonds. The topological polar surface area (TPSA) is 108 Å². The third-order valence-electron chi connectivity index (χ3n) is 16.5. The summed E-state index contributed by atoms with van der Waals surface area (Å²) in [5.41, 5.74) is 0. The molecule has 548 valence electrons. The SMILES string of the molecule is CC/C=C\C/C=C\C/C=C\C/C=C\C/C=C\C/C=C\C/C=C\C/C=C\C/C=C\C/C=C\C/C=C\CCCCCCCC(=O)OC(COC(=O)CCCCCCCCCCCCCCCCCCCCCCC/C=C\C/C=C\CCCCCCC)COP(=O)(O)OCC[N+](C)(C)C.